The zero-order valence-corrected chi connectivity index (χ0v) is 12.3. The molecule has 0 aliphatic heterocycles. The van der Waals surface area contributed by atoms with Gasteiger partial charge in [-0.3, -0.25) is 10.1 Å². The van der Waals surface area contributed by atoms with Crippen LogP contribution < -0.4 is 0 Å². The average molecular weight is 357 g/mol. The van der Waals surface area contributed by atoms with Crippen molar-refractivity contribution < 1.29 is 40.2 Å². The van der Waals surface area contributed by atoms with Gasteiger partial charge in [-0.15, -0.1) is 0 Å². The molecule has 0 fully saturated rings. The number of nitro benzene ring substituents is 1. The van der Waals surface area contributed by atoms with Gasteiger partial charge in [-0.2, -0.15) is 21.6 Å². The van der Waals surface area contributed by atoms with Crippen molar-refractivity contribution in [3.05, 3.63) is 34.4 Å². The SMILES string of the molecule is CCOC(=O)C(OS(=O)(=O)c1ccccc1[N+](=O)[O-])C(F)(F)F. The first-order chi connectivity index (χ1) is 10.5. The molecule has 0 aliphatic rings. The molecule has 0 N–H and O–H groups in total. The van der Waals surface area contributed by atoms with E-state index in [1.54, 1.807) is 0 Å². The molecule has 128 valence electrons. The third-order valence-electron chi connectivity index (χ3n) is 2.35. The minimum atomic E-state index is -5.39. The smallest absolute Gasteiger partial charge is 0.427 e. The van der Waals surface area contributed by atoms with Gasteiger partial charge in [0.25, 0.3) is 11.8 Å². The van der Waals surface area contributed by atoms with Crippen molar-refractivity contribution in [1.29, 1.82) is 0 Å². The zero-order chi connectivity index (χ0) is 17.8. The van der Waals surface area contributed by atoms with E-state index in [0.29, 0.717) is 6.07 Å². The van der Waals surface area contributed by atoms with E-state index in [1.807, 2.05) is 0 Å². The quantitative estimate of drug-likeness (QED) is 0.330. The normalized spacial score (nSPS) is 13.4. The summed E-state index contributed by atoms with van der Waals surface area (Å²) in [6.07, 6.45) is -8.81. The first-order valence-electron chi connectivity index (χ1n) is 5.90. The Labute approximate surface area is 128 Å². The van der Waals surface area contributed by atoms with Crippen LogP contribution in [-0.2, 0) is 23.8 Å². The fraction of sp³-hybridized carbons (Fsp3) is 0.364. The second-order valence-electron chi connectivity index (χ2n) is 3.95. The number of ether oxygens (including phenoxy) is 1. The number of rotatable bonds is 6. The molecular formula is C11H10F3NO7S. The maximum absolute atomic E-state index is 12.8. The van der Waals surface area contributed by atoms with Crippen LogP contribution in [0.5, 0.6) is 0 Å². The molecule has 1 aromatic carbocycles. The molecule has 12 heteroatoms. The highest BCUT2D eigenvalue weighted by molar-refractivity contribution is 7.87. The molecule has 1 aromatic rings. The van der Waals surface area contributed by atoms with Crippen LogP contribution >= 0.6 is 0 Å². The first kappa shape index (κ1) is 18.8. The Hall–Kier alpha value is -2.21. The van der Waals surface area contributed by atoms with Crippen LogP contribution in [0.4, 0.5) is 18.9 Å². The Morgan fingerprint density at radius 3 is 2.39 bits per heavy atom. The summed E-state index contributed by atoms with van der Waals surface area (Å²) in [5.74, 6) is -1.97. The largest absolute Gasteiger partial charge is 0.464 e. The Bertz CT molecular complexity index is 702. The summed E-state index contributed by atoms with van der Waals surface area (Å²) in [6, 6.07) is 3.62. The van der Waals surface area contributed by atoms with Crippen molar-refractivity contribution in [3.63, 3.8) is 0 Å². The summed E-state index contributed by atoms with van der Waals surface area (Å²) < 4.78 is 70.1. The van der Waals surface area contributed by atoms with Crippen molar-refractivity contribution in [3.8, 4) is 0 Å². The van der Waals surface area contributed by atoms with Gasteiger partial charge in [0.2, 0.25) is 0 Å². The summed E-state index contributed by atoms with van der Waals surface area (Å²) in [5, 5.41) is 10.8. The van der Waals surface area contributed by atoms with Gasteiger partial charge in [0.05, 0.1) is 11.5 Å². The van der Waals surface area contributed by atoms with Crippen LogP contribution in [0.3, 0.4) is 0 Å². The van der Waals surface area contributed by atoms with Gasteiger partial charge in [0, 0.05) is 6.07 Å². The first-order valence-corrected chi connectivity index (χ1v) is 7.31. The van der Waals surface area contributed by atoms with Gasteiger partial charge in [0.1, 0.15) is 0 Å². The van der Waals surface area contributed by atoms with E-state index in [4.69, 9.17) is 0 Å². The number of halogens is 3. The number of hydrogen-bond donors (Lipinski definition) is 0. The predicted octanol–water partition coefficient (Wildman–Crippen LogP) is 1.79. The molecule has 0 saturated heterocycles. The predicted molar refractivity (Wildman–Crippen MR) is 67.8 cm³/mol. The number of carbonyl (C=O) groups excluding carboxylic acids is 1. The summed E-state index contributed by atoms with van der Waals surface area (Å²) in [5.41, 5.74) is -0.989. The van der Waals surface area contributed by atoms with E-state index in [9.17, 15) is 36.5 Å². The second-order valence-corrected chi connectivity index (χ2v) is 5.49. The molecule has 0 bridgehead atoms. The van der Waals surface area contributed by atoms with Gasteiger partial charge in [-0.1, -0.05) is 12.1 Å². The summed E-state index contributed by atoms with van der Waals surface area (Å²) in [7, 11) is -5.24. The number of alkyl halides is 3. The number of nitro groups is 1. The van der Waals surface area contributed by atoms with Crippen LogP contribution in [-0.4, -0.2) is 38.2 Å². The number of para-hydroxylation sites is 1. The van der Waals surface area contributed by atoms with Crippen LogP contribution in [0.1, 0.15) is 6.92 Å². The molecule has 0 aliphatic carbocycles. The van der Waals surface area contributed by atoms with Crippen LogP contribution in [0.25, 0.3) is 0 Å². The fourth-order valence-electron chi connectivity index (χ4n) is 1.44. The number of esters is 1. The summed E-state index contributed by atoms with van der Waals surface area (Å²) in [6.45, 7) is 0.766. The van der Waals surface area contributed by atoms with Crippen molar-refractivity contribution in [2.24, 2.45) is 0 Å². The van der Waals surface area contributed by atoms with Gasteiger partial charge in [0.15, 0.2) is 4.90 Å². The lowest BCUT2D eigenvalue weighted by molar-refractivity contribution is -0.388. The second kappa shape index (κ2) is 6.91. The number of nitrogens with zero attached hydrogens (tertiary/aromatic N) is 1. The summed E-state index contributed by atoms with van der Waals surface area (Å²) >= 11 is 0. The van der Waals surface area contributed by atoms with E-state index >= 15 is 0 Å². The van der Waals surface area contributed by atoms with Crippen molar-refractivity contribution in [2.75, 3.05) is 6.61 Å². The highest BCUT2D eigenvalue weighted by atomic mass is 32.2. The zero-order valence-electron chi connectivity index (χ0n) is 11.4. The Morgan fingerprint density at radius 1 is 1.35 bits per heavy atom. The van der Waals surface area contributed by atoms with Crippen molar-refractivity contribution in [2.45, 2.75) is 24.1 Å². The number of carbonyl (C=O) groups is 1. The van der Waals surface area contributed by atoms with E-state index in [-0.39, 0.29) is 0 Å². The van der Waals surface area contributed by atoms with Crippen LogP contribution in [0.15, 0.2) is 29.2 Å². The average Bonchev–Trinajstić information content (AvgIpc) is 2.44. The molecule has 0 heterocycles. The molecule has 1 unspecified atom stereocenters. The van der Waals surface area contributed by atoms with Crippen LogP contribution in [0, 0.1) is 10.1 Å². The molecule has 1 rings (SSSR count). The van der Waals surface area contributed by atoms with E-state index in [2.05, 4.69) is 8.92 Å². The molecule has 1 atom stereocenters. The molecular weight excluding hydrogens is 347 g/mol. The lowest BCUT2D eigenvalue weighted by atomic mass is 10.3. The van der Waals surface area contributed by atoms with Gasteiger partial charge in [-0.25, -0.2) is 8.98 Å². The fourth-order valence-corrected chi connectivity index (χ4v) is 2.63. The highest BCUT2D eigenvalue weighted by Gasteiger charge is 2.51. The Kier molecular flexibility index (Phi) is 5.66. The Morgan fingerprint density at radius 2 is 1.91 bits per heavy atom. The lowest BCUT2D eigenvalue weighted by Crippen LogP contribution is -2.41. The molecule has 0 radical (unpaired) electrons. The third-order valence-corrected chi connectivity index (χ3v) is 3.68. The maximum atomic E-state index is 12.8. The molecule has 0 aromatic heterocycles. The number of benzene rings is 1. The minimum Gasteiger partial charge on any atom is -0.464 e. The van der Waals surface area contributed by atoms with Crippen molar-refractivity contribution in [1.82, 2.24) is 0 Å². The van der Waals surface area contributed by atoms with E-state index in [0.717, 1.165) is 18.2 Å². The topological polar surface area (TPSA) is 113 Å². The highest BCUT2D eigenvalue weighted by Crippen LogP contribution is 2.30. The Balaban J connectivity index is 3.27. The van der Waals surface area contributed by atoms with Crippen LogP contribution in [0.2, 0.25) is 0 Å². The molecule has 0 saturated carbocycles. The minimum absolute atomic E-state index is 0.444. The molecule has 8 nitrogen and oxygen atoms in total. The van der Waals surface area contributed by atoms with E-state index in [1.165, 1.54) is 6.92 Å². The summed E-state index contributed by atoms with van der Waals surface area (Å²) in [4.78, 5) is 19.8. The van der Waals surface area contributed by atoms with Gasteiger partial charge >= 0.3 is 22.3 Å². The lowest BCUT2D eigenvalue weighted by Gasteiger charge is -2.18. The molecule has 0 amide bonds. The molecule has 0 spiro atoms. The maximum Gasteiger partial charge on any atom is 0.427 e. The van der Waals surface area contributed by atoms with Gasteiger partial charge < -0.3 is 4.74 Å². The monoisotopic (exact) mass is 357 g/mol. The standard InChI is InChI=1S/C11H10F3NO7S/c1-2-21-10(16)9(11(12,13)14)22-23(19,20)8-6-4-3-5-7(8)15(17)18/h3-6,9H,2H2,1H3. The van der Waals surface area contributed by atoms with Gasteiger partial charge in [-0.05, 0) is 13.0 Å². The molecule has 23 heavy (non-hydrogen) atoms. The number of hydrogen-bond acceptors (Lipinski definition) is 7. The van der Waals surface area contributed by atoms with E-state index < -0.39 is 50.5 Å². The van der Waals surface area contributed by atoms with Crippen molar-refractivity contribution >= 4 is 21.8 Å². The third kappa shape index (κ3) is 4.63.